The summed E-state index contributed by atoms with van der Waals surface area (Å²) in [6.07, 6.45) is 3.16. The molecule has 0 bridgehead atoms. The molecule has 0 unspecified atom stereocenters. The molecular weight excluding hydrogens is 429 g/mol. The standard InChI is InChI=1S/C18H37N5O.HI/c1-6-19-18(20-12-11-17(24)22(7-2)8-3)21-13-14-23(15(4)5)16-9-10-16;/h15-16H,6-14H2,1-5H3,(H2,19,20,21);1H. The number of halogens is 1. The summed E-state index contributed by atoms with van der Waals surface area (Å²) in [6, 6.07) is 1.34. The first kappa shape index (κ1) is 24.4. The fraction of sp³-hybridized carbons (Fsp3) is 0.889. The summed E-state index contributed by atoms with van der Waals surface area (Å²) in [6.45, 7) is 15.4. The molecule has 1 saturated carbocycles. The quantitative estimate of drug-likeness (QED) is 0.278. The Bertz CT molecular complexity index is 393. The van der Waals surface area contributed by atoms with E-state index < -0.39 is 0 Å². The maximum atomic E-state index is 12.0. The second kappa shape index (κ2) is 13.6. The Morgan fingerprint density at radius 1 is 1.16 bits per heavy atom. The number of amides is 1. The van der Waals surface area contributed by atoms with Crippen LogP contribution in [0.25, 0.3) is 0 Å². The van der Waals surface area contributed by atoms with Crippen LogP contribution in [0.2, 0.25) is 0 Å². The summed E-state index contributed by atoms with van der Waals surface area (Å²) in [5.74, 6) is 1.01. The zero-order valence-corrected chi connectivity index (χ0v) is 19.0. The molecule has 1 aliphatic carbocycles. The molecule has 0 aromatic carbocycles. The van der Waals surface area contributed by atoms with Crippen LogP contribution in [0.15, 0.2) is 4.99 Å². The average molecular weight is 467 g/mol. The van der Waals surface area contributed by atoms with Gasteiger partial charge in [-0.3, -0.25) is 14.7 Å². The number of carbonyl (C=O) groups is 1. The normalized spacial score (nSPS) is 14.4. The van der Waals surface area contributed by atoms with E-state index in [0.29, 0.717) is 19.0 Å². The Morgan fingerprint density at radius 2 is 1.80 bits per heavy atom. The van der Waals surface area contributed by atoms with E-state index in [1.54, 1.807) is 0 Å². The van der Waals surface area contributed by atoms with Gasteiger partial charge in [0.25, 0.3) is 0 Å². The lowest BCUT2D eigenvalue weighted by Gasteiger charge is -2.25. The van der Waals surface area contributed by atoms with Crippen LogP contribution in [0.1, 0.15) is 53.9 Å². The number of aliphatic imine (C=N–C) groups is 1. The van der Waals surface area contributed by atoms with Crippen molar-refractivity contribution >= 4 is 35.8 Å². The molecule has 0 aromatic heterocycles. The summed E-state index contributed by atoms with van der Waals surface area (Å²) in [7, 11) is 0. The number of hydrogen-bond donors (Lipinski definition) is 2. The second-order valence-corrected chi connectivity index (χ2v) is 6.57. The Balaban J connectivity index is 0.00000576. The lowest BCUT2D eigenvalue weighted by atomic mass is 10.3. The van der Waals surface area contributed by atoms with Crippen molar-refractivity contribution < 1.29 is 4.79 Å². The van der Waals surface area contributed by atoms with Gasteiger partial charge in [-0.15, -0.1) is 24.0 Å². The van der Waals surface area contributed by atoms with Gasteiger partial charge in [-0.1, -0.05) is 0 Å². The topological polar surface area (TPSA) is 60.0 Å². The molecule has 148 valence electrons. The first-order valence-electron chi connectivity index (χ1n) is 9.59. The van der Waals surface area contributed by atoms with E-state index in [1.165, 1.54) is 12.8 Å². The molecule has 6 nitrogen and oxygen atoms in total. The van der Waals surface area contributed by atoms with Gasteiger partial charge in [0, 0.05) is 51.2 Å². The summed E-state index contributed by atoms with van der Waals surface area (Å²) in [5.41, 5.74) is 0. The zero-order chi connectivity index (χ0) is 17.9. The lowest BCUT2D eigenvalue weighted by Crippen LogP contribution is -2.41. The predicted molar refractivity (Wildman–Crippen MR) is 117 cm³/mol. The van der Waals surface area contributed by atoms with Gasteiger partial charge < -0.3 is 15.5 Å². The molecule has 1 aliphatic rings. The van der Waals surface area contributed by atoms with Crippen molar-refractivity contribution in [3.05, 3.63) is 0 Å². The minimum atomic E-state index is 0. The minimum Gasteiger partial charge on any atom is -0.357 e. The molecule has 0 aliphatic heterocycles. The first-order valence-corrected chi connectivity index (χ1v) is 9.59. The van der Waals surface area contributed by atoms with Crippen LogP contribution >= 0.6 is 24.0 Å². The number of guanidine groups is 1. The van der Waals surface area contributed by atoms with Gasteiger partial charge in [0.15, 0.2) is 5.96 Å². The minimum absolute atomic E-state index is 0. The SMILES string of the molecule is CCNC(=NCCN(C(C)C)C1CC1)NCCC(=O)N(CC)CC.I. The average Bonchev–Trinajstić information content (AvgIpc) is 3.37. The van der Waals surface area contributed by atoms with Crippen LogP contribution in [-0.4, -0.2) is 73.0 Å². The van der Waals surface area contributed by atoms with Gasteiger partial charge in [-0.05, 0) is 47.5 Å². The zero-order valence-electron chi connectivity index (χ0n) is 16.7. The van der Waals surface area contributed by atoms with E-state index in [1.807, 2.05) is 18.7 Å². The van der Waals surface area contributed by atoms with Crippen molar-refractivity contribution in [1.82, 2.24) is 20.4 Å². The van der Waals surface area contributed by atoms with Gasteiger partial charge in [-0.2, -0.15) is 0 Å². The van der Waals surface area contributed by atoms with E-state index in [-0.39, 0.29) is 29.9 Å². The van der Waals surface area contributed by atoms with Crippen LogP contribution in [0.4, 0.5) is 0 Å². The second-order valence-electron chi connectivity index (χ2n) is 6.57. The predicted octanol–water partition coefficient (Wildman–Crippen LogP) is 2.29. The fourth-order valence-electron chi connectivity index (χ4n) is 2.91. The first-order chi connectivity index (χ1) is 11.5. The van der Waals surface area contributed by atoms with Gasteiger partial charge in [0.1, 0.15) is 0 Å². The molecule has 25 heavy (non-hydrogen) atoms. The third kappa shape index (κ3) is 9.63. The Morgan fingerprint density at radius 3 is 2.28 bits per heavy atom. The summed E-state index contributed by atoms with van der Waals surface area (Å²) in [5, 5.41) is 6.53. The highest BCUT2D eigenvalue weighted by atomic mass is 127. The van der Waals surface area contributed by atoms with Crippen molar-refractivity contribution in [2.75, 3.05) is 39.3 Å². The number of rotatable bonds is 11. The molecule has 0 heterocycles. The highest BCUT2D eigenvalue weighted by Crippen LogP contribution is 2.28. The number of nitrogens with one attached hydrogen (secondary N) is 2. The van der Waals surface area contributed by atoms with Gasteiger partial charge in [0.2, 0.25) is 5.91 Å². The molecular formula is C18H38IN5O. The maximum absolute atomic E-state index is 12.0. The molecule has 1 fully saturated rings. The van der Waals surface area contributed by atoms with Crippen LogP contribution in [-0.2, 0) is 4.79 Å². The van der Waals surface area contributed by atoms with Crippen LogP contribution < -0.4 is 10.6 Å². The molecule has 0 saturated heterocycles. The van der Waals surface area contributed by atoms with Gasteiger partial charge in [0.05, 0.1) is 6.54 Å². The van der Waals surface area contributed by atoms with Crippen molar-refractivity contribution in [2.45, 2.75) is 66.0 Å². The van der Waals surface area contributed by atoms with E-state index in [9.17, 15) is 4.79 Å². The van der Waals surface area contributed by atoms with Crippen molar-refractivity contribution in [1.29, 1.82) is 0 Å². The molecule has 1 amide bonds. The number of nitrogens with zero attached hydrogens (tertiary/aromatic N) is 3. The summed E-state index contributed by atoms with van der Waals surface area (Å²) in [4.78, 5) is 21.1. The van der Waals surface area contributed by atoms with Crippen molar-refractivity contribution in [3.63, 3.8) is 0 Å². The van der Waals surface area contributed by atoms with Crippen molar-refractivity contribution in [3.8, 4) is 0 Å². The van der Waals surface area contributed by atoms with Crippen LogP contribution in [0.3, 0.4) is 0 Å². The fourth-order valence-corrected chi connectivity index (χ4v) is 2.91. The Labute approximate surface area is 171 Å². The highest BCUT2D eigenvalue weighted by Gasteiger charge is 2.29. The van der Waals surface area contributed by atoms with Crippen molar-refractivity contribution in [2.24, 2.45) is 4.99 Å². The smallest absolute Gasteiger partial charge is 0.224 e. The number of carbonyl (C=O) groups excluding carboxylic acids is 1. The van der Waals surface area contributed by atoms with E-state index in [4.69, 9.17) is 0 Å². The molecule has 2 N–H and O–H groups in total. The van der Waals surface area contributed by atoms with E-state index in [0.717, 1.165) is 44.7 Å². The highest BCUT2D eigenvalue weighted by molar-refractivity contribution is 14.0. The van der Waals surface area contributed by atoms with Crippen LogP contribution in [0, 0.1) is 0 Å². The van der Waals surface area contributed by atoms with Crippen LogP contribution in [0.5, 0.6) is 0 Å². The monoisotopic (exact) mass is 467 g/mol. The van der Waals surface area contributed by atoms with E-state index >= 15 is 0 Å². The molecule has 7 heteroatoms. The largest absolute Gasteiger partial charge is 0.357 e. The lowest BCUT2D eigenvalue weighted by molar-refractivity contribution is -0.130. The molecule has 0 atom stereocenters. The summed E-state index contributed by atoms with van der Waals surface area (Å²) < 4.78 is 0. The Kier molecular flexibility index (Phi) is 13.3. The number of hydrogen-bond acceptors (Lipinski definition) is 3. The molecule has 1 rings (SSSR count). The van der Waals surface area contributed by atoms with Gasteiger partial charge >= 0.3 is 0 Å². The third-order valence-electron chi connectivity index (χ3n) is 4.40. The van der Waals surface area contributed by atoms with E-state index in [2.05, 4.69) is 41.3 Å². The Hall–Kier alpha value is -0.570. The molecule has 0 aromatic rings. The maximum Gasteiger partial charge on any atom is 0.224 e. The summed E-state index contributed by atoms with van der Waals surface area (Å²) >= 11 is 0. The van der Waals surface area contributed by atoms with Gasteiger partial charge in [-0.25, -0.2) is 0 Å². The molecule has 0 spiro atoms. The molecule has 0 radical (unpaired) electrons. The third-order valence-corrected chi connectivity index (χ3v) is 4.40.